The Hall–Kier alpha value is -0.650. The highest BCUT2D eigenvalue weighted by atomic mass is 16.5. The minimum atomic E-state index is -0.553. The lowest BCUT2D eigenvalue weighted by Gasteiger charge is -2.27. The van der Waals surface area contributed by atoms with Crippen LogP contribution in [0.3, 0.4) is 0 Å². The molecule has 1 saturated heterocycles. The first-order valence-electron chi connectivity index (χ1n) is 4.05. The Kier molecular flexibility index (Phi) is 3.46. The zero-order valence-electron chi connectivity index (χ0n) is 7.03. The van der Waals surface area contributed by atoms with Crippen molar-refractivity contribution in [2.45, 2.75) is 6.04 Å². The number of nitrogens with zero attached hydrogens (tertiary/aromatic N) is 1. The van der Waals surface area contributed by atoms with Crippen molar-refractivity contribution in [3.63, 3.8) is 0 Å². The summed E-state index contributed by atoms with van der Waals surface area (Å²) >= 11 is 0. The second kappa shape index (κ2) is 4.39. The van der Waals surface area contributed by atoms with E-state index in [-0.39, 0.29) is 0 Å². The van der Waals surface area contributed by atoms with Crippen LogP contribution in [0.4, 0.5) is 0 Å². The smallest absolute Gasteiger partial charge is 0.235 e. The quantitative estimate of drug-likeness (QED) is 0.524. The molecule has 0 aromatic heterocycles. The van der Waals surface area contributed by atoms with E-state index >= 15 is 0 Å². The van der Waals surface area contributed by atoms with E-state index in [2.05, 4.69) is 4.90 Å². The normalized spacial score (nSPS) is 22.1. The van der Waals surface area contributed by atoms with Crippen molar-refractivity contribution in [1.82, 2.24) is 4.90 Å². The van der Waals surface area contributed by atoms with Gasteiger partial charge in [-0.3, -0.25) is 9.69 Å². The Morgan fingerprint density at radius 2 is 2.08 bits per heavy atom. The molecule has 70 valence electrons. The van der Waals surface area contributed by atoms with Gasteiger partial charge in [0, 0.05) is 19.6 Å². The van der Waals surface area contributed by atoms with Crippen LogP contribution in [-0.2, 0) is 9.53 Å². The predicted molar refractivity (Wildman–Crippen MR) is 44.4 cm³/mol. The first-order valence-corrected chi connectivity index (χ1v) is 4.05. The molecule has 0 bridgehead atoms. The standard InChI is InChI=1S/C7H15N3O2/c8-6(7(9)11)5-10-1-3-12-4-2-10/h6H,1-5,8H2,(H2,9,11)/t6-/m0/s1. The van der Waals surface area contributed by atoms with Crippen molar-refractivity contribution < 1.29 is 9.53 Å². The van der Waals surface area contributed by atoms with Crippen LogP contribution in [0.25, 0.3) is 0 Å². The summed E-state index contributed by atoms with van der Waals surface area (Å²) in [6.45, 7) is 3.64. The number of primary amides is 1. The van der Waals surface area contributed by atoms with Crippen LogP contribution in [-0.4, -0.2) is 49.7 Å². The Morgan fingerprint density at radius 3 is 2.58 bits per heavy atom. The molecule has 0 saturated carbocycles. The lowest BCUT2D eigenvalue weighted by Crippen LogP contribution is -2.49. The Bertz CT molecular complexity index is 157. The van der Waals surface area contributed by atoms with Crippen LogP contribution in [0.15, 0.2) is 0 Å². The van der Waals surface area contributed by atoms with E-state index in [1.54, 1.807) is 0 Å². The van der Waals surface area contributed by atoms with Gasteiger partial charge in [0.15, 0.2) is 0 Å². The summed E-state index contributed by atoms with van der Waals surface area (Å²) < 4.78 is 5.14. The molecule has 12 heavy (non-hydrogen) atoms. The number of nitrogens with two attached hydrogens (primary N) is 2. The summed E-state index contributed by atoms with van der Waals surface area (Å²) in [4.78, 5) is 12.7. The van der Waals surface area contributed by atoms with E-state index in [1.807, 2.05) is 0 Å². The molecule has 0 aromatic rings. The molecule has 1 heterocycles. The third kappa shape index (κ3) is 2.77. The monoisotopic (exact) mass is 173 g/mol. The second-order valence-electron chi connectivity index (χ2n) is 2.92. The molecule has 0 unspecified atom stereocenters. The van der Waals surface area contributed by atoms with E-state index in [9.17, 15) is 4.79 Å². The molecule has 0 spiro atoms. The zero-order chi connectivity index (χ0) is 8.97. The van der Waals surface area contributed by atoms with Crippen molar-refractivity contribution in [3.8, 4) is 0 Å². The maximum absolute atomic E-state index is 10.6. The van der Waals surface area contributed by atoms with Crippen LogP contribution in [0.2, 0.25) is 0 Å². The van der Waals surface area contributed by atoms with E-state index in [0.717, 1.165) is 13.1 Å². The first-order chi connectivity index (χ1) is 5.70. The SMILES string of the molecule is NC(=O)[C@@H](N)CN1CCOCC1. The molecule has 1 rings (SSSR count). The van der Waals surface area contributed by atoms with Gasteiger partial charge in [-0.15, -0.1) is 0 Å². The fourth-order valence-electron chi connectivity index (χ4n) is 1.15. The maximum Gasteiger partial charge on any atom is 0.235 e. The van der Waals surface area contributed by atoms with E-state index < -0.39 is 11.9 Å². The predicted octanol–water partition coefficient (Wildman–Crippen LogP) is -1.87. The first kappa shape index (κ1) is 9.44. The van der Waals surface area contributed by atoms with Crippen LogP contribution in [0.1, 0.15) is 0 Å². The summed E-state index contributed by atoms with van der Waals surface area (Å²) in [5.41, 5.74) is 10.5. The lowest BCUT2D eigenvalue weighted by atomic mass is 10.2. The molecule has 1 atom stereocenters. The van der Waals surface area contributed by atoms with Crippen molar-refractivity contribution >= 4 is 5.91 Å². The van der Waals surface area contributed by atoms with Crippen molar-refractivity contribution in [2.24, 2.45) is 11.5 Å². The van der Waals surface area contributed by atoms with Crippen LogP contribution >= 0.6 is 0 Å². The minimum absolute atomic E-state index is 0.443. The largest absolute Gasteiger partial charge is 0.379 e. The molecule has 5 heteroatoms. The number of amides is 1. The van der Waals surface area contributed by atoms with Gasteiger partial charge in [-0.2, -0.15) is 0 Å². The number of rotatable bonds is 3. The highest BCUT2D eigenvalue weighted by molar-refractivity contribution is 5.79. The summed E-state index contributed by atoms with van der Waals surface area (Å²) in [7, 11) is 0. The summed E-state index contributed by atoms with van der Waals surface area (Å²) in [5.74, 6) is -0.443. The van der Waals surface area contributed by atoms with E-state index in [0.29, 0.717) is 19.8 Å². The van der Waals surface area contributed by atoms with E-state index in [4.69, 9.17) is 16.2 Å². The van der Waals surface area contributed by atoms with Crippen molar-refractivity contribution in [1.29, 1.82) is 0 Å². The Balaban J connectivity index is 2.24. The molecular formula is C7H15N3O2. The third-order valence-corrected chi connectivity index (χ3v) is 1.92. The van der Waals surface area contributed by atoms with Crippen molar-refractivity contribution in [3.05, 3.63) is 0 Å². The number of ether oxygens (including phenoxy) is 1. The average molecular weight is 173 g/mol. The summed E-state index contributed by atoms with van der Waals surface area (Å²) in [6, 6.07) is -0.553. The van der Waals surface area contributed by atoms with Crippen LogP contribution in [0.5, 0.6) is 0 Å². The van der Waals surface area contributed by atoms with Gasteiger partial charge in [0.1, 0.15) is 0 Å². The number of hydrogen-bond donors (Lipinski definition) is 2. The Labute approximate surface area is 71.6 Å². The number of carbonyl (C=O) groups excluding carboxylic acids is 1. The molecule has 1 aliphatic heterocycles. The van der Waals surface area contributed by atoms with Gasteiger partial charge in [-0.1, -0.05) is 0 Å². The molecule has 1 aliphatic rings. The Morgan fingerprint density at radius 1 is 1.50 bits per heavy atom. The second-order valence-corrected chi connectivity index (χ2v) is 2.92. The summed E-state index contributed by atoms with van der Waals surface area (Å²) in [5, 5.41) is 0. The molecule has 4 N–H and O–H groups in total. The average Bonchev–Trinajstić information content (AvgIpc) is 2.06. The molecule has 5 nitrogen and oxygen atoms in total. The fourth-order valence-corrected chi connectivity index (χ4v) is 1.15. The van der Waals surface area contributed by atoms with Gasteiger partial charge in [-0.05, 0) is 0 Å². The molecule has 0 aromatic carbocycles. The topological polar surface area (TPSA) is 81.6 Å². The molecule has 1 amide bonds. The third-order valence-electron chi connectivity index (χ3n) is 1.92. The van der Waals surface area contributed by atoms with Gasteiger partial charge in [-0.25, -0.2) is 0 Å². The van der Waals surface area contributed by atoms with Gasteiger partial charge in [0.25, 0.3) is 0 Å². The molecule has 1 fully saturated rings. The zero-order valence-corrected chi connectivity index (χ0v) is 7.03. The van der Waals surface area contributed by atoms with Gasteiger partial charge >= 0.3 is 0 Å². The van der Waals surface area contributed by atoms with Crippen molar-refractivity contribution in [2.75, 3.05) is 32.8 Å². The van der Waals surface area contributed by atoms with E-state index in [1.165, 1.54) is 0 Å². The molecular weight excluding hydrogens is 158 g/mol. The van der Waals surface area contributed by atoms with Gasteiger partial charge in [0.2, 0.25) is 5.91 Å². The molecule has 0 aliphatic carbocycles. The number of morpholine rings is 1. The fraction of sp³-hybridized carbons (Fsp3) is 0.857. The highest BCUT2D eigenvalue weighted by Gasteiger charge is 2.16. The van der Waals surface area contributed by atoms with Gasteiger partial charge in [0.05, 0.1) is 19.3 Å². The minimum Gasteiger partial charge on any atom is -0.379 e. The highest BCUT2D eigenvalue weighted by Crippen LogP contribution is 1.96. The van der Waals surface area contributed by atoms with Crippen LogP contribution < -0.4 is 11.5 Å². The number of carbonyl (C=O) groups is 1. The lowest BCUT2D eigenvalue weighted by molar-refractivity contribution is -0.119. The maximum atomic E-state index is 10.6. The number of hydrogen-bond acceptors (Lipinski definition) is 4. The van der Waals surface area contributed by atoms with Crippen LogP contribution in [0, 0.1) is 0 Å². The van der Waals surface area contributed by atoms with Gasteiger partial charge < -0.3 is 16.2 Å². The molecule has 0 radical (unpaired) electrons. The summed E-state index contributed by atoms with van der Waals surface area (Å²) in [6.07, 6.45) is 0.